The van der Waals surface area contributed by atoms with Crippen molar-refractivity contribution in [1.82, 2.24) is 0 Å². The Hall–Kier alpha value is -1.15. The molecule has 1 aromatic rings. The molecule has 0 amide bonds. The molecule has 0 aliphatic heterocycles. The van der Waals surface area contributed by atoms with Crippen LogP contribution in [0.2, 0.25) is 0 Å². The van der Waals surface area contributed by atoms with Crippen LogP contribution in [0.5, 0.6) is 0 Å². The highest BCUT2D eigenvalue weighted by atomic mass is 16.5. The second-order valence-electron chi connectivity index (χ2n) is 4.25. The van der Waals surface area contributed by atoms with Crippen molar-refractivity contribution < 1.29 is 9.53 Å². The van der Waals surface area contributed by atoms with Gasteiger partial charge in [-0.15, -0.1) is 0 Å². The van der Waals surface area contributed by atoms with Crippen LogP contribution in [0.4, 0.5) is 0 Å². The van der Waals surface area contributed by atoms with E-state index in [1.807, 2.05) is 38.1 Å². The summed E-state index contributed by atoms with van der Waals surface area (Å²) in [4.78, 5) is 11.1. The molecule has 0 saturated heterocycles. The minimum atomic E-state index is -0.341. The first kappa shape index (κ1) is 11.9. The molecule has 0 unspecified atom stereocenters. The molecular formula is C13H18O2. The average molecular weight is 206 g/mol. The van der Waals surface area contributed by atoms with Gasteiger partial charge in [-0.1, -0.05) is 24.3 Å². The first-order valence-electron chi connectivity index (χ1n) is 5.10. The van der Waals surface area contributed by atoms with E-state index in [1.165, 1.54) is 0 Å². The topological polar surface area (TPSA) is 26.3 Å². The summed E-state index contributed by atoms with van der Waals surface area (Å²) in [5.41, 5.74) is 1.80. The van der Waals surface area contributed by atoms with Gasteiger partial charge in [-0.2, -0.15) is 0 Å². The first-order valence-corrected chi connectivity index (χ1v) is 5.10. The molecule has 0 bridgehead atoms. The molecule has 2 heteroatoms. The Labute approximate surface area is 91.3 Å². The normalized spacial score (nSPS) is 11.5. The smallest absolute Gasteiger partial charge is 0.134 e. The number of benzene rings is 1. The van der Waals surface area contributed by atoms with E-state index in [2.05, 4.69) is 0 Å². The lowest BCUT2D eigenvalue weighted by Crippen LogP contribution is -2.22. The third kappa shape index (κ3) is 2.90. The second kappa shape index (κ2) is 4.58. The van der Waals surface area contributed by atoms with Crippen molar-refractivity contribution >= 4 is 5.78 Å². The van der Waals surface area contributed by atoms with Crippen LogP contribution < -0.4 is 0 Å². The highest BCUT2D eigenvalue weighted by molar-refractivity contribution is 5.78. The Kier molecular flexibility index (Phi) is 3.64. The molecule has 0 N–H and O–H groups in total. The van der Waals surface area contributed by atoms with E-state index in [-0.39, 0.29) is 11.4 Å². The molecule has 1 aromatic carbocycles. The third-order valence-corrected chi connectivity index (χ3v) is 2.62. The van der Waals surface area contributed by atoms with Crippen molar-refractivity contribution in [2.45, 2.75) is 32.8 Å². The number of rotatable bonds is 4. The summed E-state index contributed by atoms with van der Waals surface area (Å²) in [6, 6.07) is 7.92. The van der Waals surface area contributed by atoms with E-state index >= 15 is 0 Å². The standard InChI is InChI=1S/C13H18O2/c1-10(14)9-11-7-5-6-8-12(11)13(2,3)15-4/h5-8H,9H2,1-4H3. The average Bonchev–Trinajstić information content (AvgIpc) is 2.17. The fourth-order valence-electron chi connectivity index (χ4n) is 1.64. The Bertz CT molecular complexity index is 353. The van der Waals surface area contributed by atoms with Gasteiger partial charge in [0.1, 0.15) is 5.78 Å². The van der Waals surface area contributed by atoms with E-state index in [0.29, 0.717) is 6.42 Å². The summed E-state index contributed by atoms with van der Waals surface area (Å²) < 4.78 is 5.43. The summed E-state index contributed by atoms with van der Waals surface area (Å²) >= 11 is 0. The maximum absolute atomic E-state index is 11.1. The molecular weight excluding hydrogens is 188 g/mol. The Morgan fingerprint density at radius 1 is 1.33 bits per heavy atom. The molecule has 0 spiro atoms. The summed E-state index contributed by atoms with van der Waals surface area (Å²) in [6.07, 6.45) is 0.475. The predicted octanol–water partition coefficient (Wildman–Crippen LogP) is 2.70. The van der Waals surface area contributed by atoms with Crippen LogP contribution in [0.25, 0.3) is 0 Å². The largest absolute Gasteiger partial charge is 0.374 e. The lowest BCUT2D eigenvalue weighted by molar-refractivity contribution is -0.116. The van der Waals surface area contributed by atoms with Gasteiger partial charge in [-0.05, 0) is 31.9 Å². The molecule has 0 aromatic heterocycles. The van der Waals surface area contributed by atoms with Crippen molar-refractivity contribution in [3.05, 3.63) is 35.4 Å². The molecule has 82 valence electrons. The summed E-state index contributed by atoms with van der Waals surface area (Å²) in [6.45, 7) is 5.62. The van der Waals surface area contributed by atoms with Gasteiger partial charge in [-0.25, -0.2) is 0 Å². The highest BCUT2D eigenvalue weighted by Gasteiger charge is 2.22. The van der Waals surface area contributed by atoms with Gasteiger partial charge in [0, 0.05) is 13.5 Å². The van der Waals surface area contributed by atoms with Crippen molar-refractivity contribution in [1.29, 1.82) is 0 Å². The molecule has 0 fully saturated rings. The maximum atomic E-state index is 11.1. The minimum Gasteiger partial charge on any atom is -0.374 e. The van der Waals surface area contributed by atoms with E-state index in [1.54, 1.807) is 14.0 Å². The Balaban J connectivity index is 3.11. The van der Waals surface area contributed by atoms with Gasteiger partial charge in [0.15, 0.2) is 0 Å². The molecule has 2 nitrogen and oxygen atoms in total. The summed E-state index contributed by atoms with van der Waals surface area (Å²) in [7, 11) is 1.69. The fraction of sp³-hybridized carbons (Fsp3) is 0.462. The van der Waals surface area contributed by atoms with Crippen LogP contribution >= 0.6 is 0 Å². The molecule has 0 aliphatic rings. The number of methoxy groups -OCH3 is 1. The van der Waals surface area contributed by atoms with Gasteiger partial charge < -0.3 is 4.74 Å². The predicted molar refractivity (Wildman–Crippen MR) is 60.9 cm³/mol. The molecule has 15 heavy (non-hydrogen) atoms. The van der Waals surface area contributed by atoms with Gasteiger partial charge in [0.05, 0.1) is 5.60 Å². The van der Waals surface area contributed by atoms with Crippen LogP contribution in [0, 0.1) is 0 Å². The van der Waals surface area contributed by atoms with E-state index in [0.717, 1.165) is 11.1 Å². The minimum absolute atomic E-state index is 0.175. The lowest BCUT2D eigenvalue weighted by atomic mass is 9.91. The fourth-order valence-corrected chi connectivity index (χ4v) is 1.64. The van der Waals surface area contributed by atoms with Gasteiger partial charge in [0.2, 0.25) is 0 Å². The number of ketones is 1. The molecule has 0 aliphatic carbocycles. The number of carbonyl (C=O) groups excluding carboxylic acids is 1. The van der Waals surface area contributed by atoms with Crippen LogP contribution in [0.3, 0.4) is 0 Å². The lowest BCUT2D eigenvalue weighted by Gasteiger charge is -2.26. The van der Waals surface area contributed by atoms with Crippen molar-refractivity contribution in [2.24, 2.45) is 0 Å². The molecule has 0 atom stereocenters. The number of hydrogen-bond donors (Lipinski definition) is 0. The molecule has 0 heterocycles. The Morgan fingerprint density at radius 3 is 2.47 bits per heavy atom. The summed E-state index contributed by atoms with van der Waals surface area (Å²) in [5.74, 6) is 0.175. The van der Waals surface area contributed by atoms with E-state index < -0.39 is 0 Å². The zero-order valence-electron chi connectivity index (χ0n) is 9.83. The van der Waals surface area contributed by atoms with Gasteiger partial charge in [0.25, 0.3) is 0 Å². The van der Waals surface area contributed by atoms with Gasteiger partial charge >= 0.3 is 0 Å². The zero-order valence-corrected chi connectivity index (χ0v) is 9.83. The Morgan fingerprint density at radius 2 is 1.93 bits per heavy atom. The van der Waals surface area contributed by atoms with Crippen molar-refractivity contribution in [3.63, 3.8) is 0 Å². The van der Waals surface area contributed by atoms with Crippen LogP contribution in [-0.4, -0.2) is 12.9 Å². The van der Waals surface area contributed by atoms with Crippen molar-refractivity contribution in [3.8, 4) is 0 Å². The number of Topliss-reactive ketones (excluding diaryl/α,β-unsaturated/α-hetero) is 1. The van der Waals surface area contributed by atoms with E-state index in [4.69, 9.17) is 4.74 Å². The number of hydrogen-bond acceptors (Lipinski definition) is 2. The maximum Gasteiger partial charge on any atom is 0.134 e. The van der Waals surface area contributed by atoms with Crippen LogP contribution in [0.15, 0.2) is 24.3 Å². The molecule has 0 radical (unpaired) electrons. The van der Waals surface area contributed by atoms with Crippen LogP contribution in [0.1, 0.15) is 31.9 Å². The number of carbonyl (C=O) groups is 1. The highest BCUT2D eigenvalue weighted by Crippen LogP contribution is 2.27. The zero-order chi connectivity index (χ0) is 11.5. The molecule has 1 rings (SSSR count). The first-order chi connectivity index (χ1) is 6.97. The monoisotopic (exact) mass is 206 g/mol. The van der Waals surface area contributed by atoms with Crippen molar-refractivity contribution in [2.75, 3.05) is 7.11 Å². The summed E-state index contributed by atoms with van der Waals surface area (Å²) in [5, 5.41) is 0. The third-order valence-electron chi connectivity index (χ3n) is 2.62. The quantitative estimate of drug-likeness (QED) is 0.757. The molecule has 0 saturated carbocycles. The number of ether oxygens (including phenoxy) is 1. The second-order valence-corrected chi connectivity index (χ2v) is 4.25. The van der Waals surface area contributed by atoms with Gasteiger partial charge in [-0.3, -0.25) is 4.79 Å². The van der Waals surface area contributed by atoms with E-state index in [9.17, 15) is 4.79 Å². The van der Waals surface area contributed by atoms with Crippen LogP contribution in [-0.2, 0) is 21.6 Å². The SMILES string of the molecule is COC(C)(C)c1ccccc1CC(C)=O.